The van der Waals surface area contributed by atoms with Gasteiger partial charge in [-0.1, -0.05) is 0 Å². The minimum Gasteiger partial charge on any atom is -0.379 e. The van der Waals surface area contributed by atoms with Crippen molar-refractivity contribution in [1.82, 2.24) is 0 Å². The number of benzene rings is 1. The number of anilines is 1. The van der Waals surface area contributed by atoms with Gasteiger partial charge in [0.1, 0.15) is 0 Å². The van der Waals surface area contributed by atoms with Gasteiger partial charge in [-0.2, -0.15) is 0 Å². The highest BCUT2D eigenvalue weighted by Gasteiger charge is 2.16. The molecule has 1 aromatic rings. The number of methoxy groups -OCH3 is 1. The number of carbonyl (C=O) groups is 1. The summed E-state index contributed by atoms with van der Waals surface area (Å²) < 4.78 is 27.1. The van der Waals surface area contributed by atoms with E-state index in [-0.39, 0.29) is 16.8 Å². The third-order valence-electron chi connectivity index (χ3n) is 2.71. The van der Waals surface area contributed by atoms with Crippen LogP contribution in [0.25, 0.3) is 0 Å². The molecule has 1 amide bonds. The largest absolute Gasteiger partial charge is 0.379 e. The third kappa shape index (κ3) is 5.25. The van der Waals surface area contributed by atoms with E-state index >= 15 is 0 Å². The Hall–Kier alpha value is -1.48. The Morgan fingerprint density at radius 2 is 2.00 bits per heavy atom. The number of primary sulfonamides is 1. The van der Waals surface area contributed by atoms with Crippen LogP contribution in [0.4, 0.5) is 5.69 Å². The highest BCUT2D eigenvalue weighted by Crippen LogP contribution is 2.12. The second-order valence-corrected chi connectivity index (χ2v) is 5.93. The van der Waals surface area contributed by atoms with E-state index in [1.807, 2.05) is 5.32 Å². The van der Waals surface area contributed by atoms with Crippen LogP contribution in [0.1, 0.15) is 6.92 Å². The van der Waals surface area contributed by atoms with Gasteiger partial charge in [0.2, 0.25) is 10.0 Å². The zero-order valence-electron chi connectivity index (χ0n) is 11.5. The van der Waals surface area contributed by atoms with Gasteiger partial charge in [-0.25, -0.2) is 13.6 Å². The van der Waals surface area contributed by atoms with E-state index in [2.05, 4.69) is 5.32 Å². The molecule has 8 heteroatoms. The first-order valence-corrected chi connectivity index (χ1v) is 7.65. The van der Waals surface area contributed by atoms with Gasteiger partial charge in [-0.3, -0.25) is 4.79 Å². The van der Waals surface area contributed by atoms with Crippen molar-refractivity contribution >= 4 is 21.6 Å². The number of hydrogen-bond donors (Lipinski definition) is 3. The average molecular weight is 302 g/mol. The van der Waals surface area contributed by atoms with Crippen LogP contribution >= 0.6 is 0 Å². The number of nitrogens with one attached hydrogen (secondary N) is 1. The molecule has 5 N–H and O–H groups in total. The van der Waals surface area contributed by atoms with Gasteiger partial charge >= 0.3 is 0 Å². The molecule has 0 spiro atoms. The standard InChI is InChI=1S/C12H19N3O4S/c1-9(14-7-8-19-2)12(16)15-10-3-5-11(6-4-10)20(13,17)18/h3-6,9,14H,7-8H2,1-2H3,(H,15,16)(H2,13,17,18)/p+1/t9-/m0/s1. The van der Waals surface area contributed by atoms with Crippen molar-refractivity contribution in [2.24, 2.45) is 5.14 Å². The lowest BCUT2D eigenvalue weighted by Gasteiger charge is -2.11. The summed E-state index contributed by atoms with van der Waals surface area (Å²) in [5.74, 6) is -0.163. The number of carbonyl (C=O) groups excluding carboxylic acids is 1. The average Bonchev–Trinajstić information content (AvgIpc) is 2.38. The molecule has 0 bridgehead atoms. The summed E-state index contributed by atoms with van der Waals surface area (Å²) in [6.07, 6.45) is 0. The van der Waals surface area contributed by atoms with E-state index in [4.69, 9.17) is 9.88 Å². The molecule has 0 unspecified atom stereocenters. The van der Waals surface area contributed by atoms with E-state index in [9.17, 15) is 13.2 Å². The van der Waals surface area contributed by atoms with E-state index in [0.717, 1.165) is 0 Å². The first-order chi connectivity index (χ1) is 9.34. The molecule has 112 valence electrons. The second kappa shape index (κ2) is 7.34. The zero-order valence-corrected chi connectivity index (χ0v) is 12.3. The fourth-order valence-electron chi connectivity index (χ4n) is 1.53. The van der Waals surface area contributed by atoms with Crippen LogP contribution < -0.4 is 15.8 Å². The fraction of sp³-hybridized carbons (Fsp3) is 0.417. The molecule has 0 aromatic heterocycles. The number of ether oxygens (including phenoxy) is 1. The summed E-state index contributed by atoms with van der Waals surface area (Å²) in [5, 5.41) is 9.55. The van der Waals surface area contributed by atoms with Crippen LogP contribution in [0.3, 0.4) is 0 Å². The van der Waals surface area contributed by atoms with Crippen LogP contribution in [-0.4, -0.2) is 40.6 Å². The monoisotopic (exact) mass is 302 g/mol. The van der Waals surface area contributed by atoms with Crippen molar-refractivity contribution in [1.29, 1.82) is 0 Å². The van der Waals surface area contributed by atoms with Gasteiger partial charge in [-0.05, 0) is 31.2 Å². The maximum absolute atomic E-state index is 11.9. The first kappa shape index (κ1) is 16.6. The van der Waals surface area contributed by atoms with Crippen LogP contribution in [0, 0.1) is 0 Å². The molecule has 0 saturated carbocycles. The maximum Gasteiger partial charge on any atom is 0.282 e. The predicted molar refractivity (Wildman–Crippen MR) is 74.6 cm³/mol. The van der Waals surface area contributed by atoms with E-state index < -0.39 is 10.0 Å². The SMILES string of the molecule is COCC[NH2+][C@@H](C)C(=O)Nc1ccc(S(N)(=O)=O)cc1. The lowest BCUT2D eigenvalue weighted by molar-refractivity contribution is -0.674. The Bertz CT molecular complexity index is 542. The molecule has 0 radical (unpaired) electrons. The lowest BCUT2D eigenvalue weighted by atomic mass is 10.2. The lowest BCUT2D eigenvalue weighted by Crippen LogP contribution is -2.92. The van der Waals surface area contributed by atoms with Crippen LogP contribution in [-0.2, 0) is 19.6 Å². The summed E-state index contributed by atoms with van der Waals surface area (Å²) >= 11 is 0. The summed E-state index contributed by atoms with van der Waals surface area (Å²) in [6, 6.07) is 5.44. The van der Waals surface area contributed by atoms with Crippen molar-refractivity contribution in [3.63, 3.8) is 0 Å². The molecular formula is C12H20N3O4S+. The summed E-state index contributed by atoms with van der Waals surface area (Å²) in [5.41, 5.74) is 0.523. The van der Waals surface area contributed by atoms with Gasteiger partial charge < -0.3 is 15.4 Å². The molecule has 0 aliphatic rings. The van der Waals surface area contributed by atoms with E-state index in [1.54, 1.807) is 14.0 Å². The zero-order chi connectivity index (χ0) is 15.2. The van der Waals surface area contributed by atoms with E-state index in [1.165, 1.54) is 24.3 Å². The van der Waals surface area contributed by atoms with Crippen molar-refractivity contribution in [3.8, 4) is 0 Å². The molecule has 0 saturated heterocycles. The molecule has 0 aliphatic carbocycles. The van der Waals surface area contributed by atoms with Gasteiger partial charge in [0, 0.05) is 12.8 Å². The molecule has 0 fully saturated rings. The van der Waals surface area contributed by atoms with Gasteiger partial charge in [0.15, 0.2) is 6.04 Å². The smallest absolute Gasteiger partial charge is 0.282 e. The van der Waals surface area contributed by atoms with Crippen LogP contribution in [0.2, 0.25) is 0 Å². The topological polar surface area (TPSA) is 115 Å². The molecule has 20 heavy (non-hydrogen) atoms. The van der Waals surface area contributed by atoms with Crippen LogP contribution in [0.15, 0.2) is 29.2 Å². The van der Waals surface area contributed by atoms with Crippen molar-refractivity contribution in [3.05, 3.63) is 24.3 Å². The second-order valence-electron chi connectivity index (χ2n) is 4.36. The maximum atomic E-state index is 11.9. The Labute approximate surface area is 118 Å². The van der Waals surface area contributed by atoms with Crippen molar-refractivity contribution < 1.29 is 23.3 Å². The summed E-state index contributed by atoms with van der Waals surface area (Å²) in [4.78, 5) is 11.9. The summed E-state index contributed by atoms with van der Waals surface area (Å²) in [7, 11) is -2.11. The van der Waals surface area contributed by atoms with E-state index in [0.29, 0.717) is 18.8 Å². The predicted octanol–water partition coefficient (Wildman–Crippen LogP) is -1.13. The molecule has 7 nitrogen and oxygen atoms in total. The third-order valence-corrected chi connectivity index (χ3v) is 3.64. The Kier molecular flexibility index (Phi) is 6.08. The number of quaternary nitrogens is 1. The number of amides is 1. The molecular weight excluding hydrogens is 282 g/mol. The molecule has 1 atom stereocenters. The van der Waals surface area contributed by atoms with Crippen molar-refractivity contribution in [2.75, 3.05) is 25.6 Å². The first-order valence-electron chi connectivity index (χ1n) is 6.10. The minimum absolute atomic E-state index is 0.00945. The van der Waals surface area contributed by atoms with Gasteiger partial charge in [0.25, 0.3) is 5.91 Å². The van der Waals surface area contributed by atoms with Gasteiger partial charge in [-0.15, -0.1) is 0 Å². The number of nitrogens with two attached hydrogens (primary N) is 2. The Morgan fingerprint density at radius 1 is 1.40 bits per heavy atom. The normalized spacial score (nSPS) is 12.9. The highest BCUT2D eigenvalue weighted by atomic mass is 32.2. The fourth-order valence-corrected chi connectivity index (χ4v) is 2.04. The van der Waals surface area contributed by atoms with Crippen molar-refractivity contribution in [2.45, 2.75) is 17.9 Å². The molecule has 0 aliphatic heterocycles. The number of rotatable bonds is 7. The Balaban J connectivity index is 2.58. The quantitative estimate of drug-likeness (QED) is 0.553. The molecule has 0 heterocycles. The molecule has 1 aromatic carbocycles. The number of sulfonamides is 1. The number of hydrogen-bond acceptors (Lipinski definition) is 4. The van der Waals surface area contributed by atoms with Crippen LogP contribution in [0.5, 0.6) is 0 Å². The van der Waals surface area contributed by atoms with Gasteiger partial charge in [0.05, 0.1) is 18.0 Å². The summed E-state index contributed by atoms with van der Waals surface area (Å²) in [6.45, 7) is 3.04. The molecule has 1 rings (SSSR count). The highest BCUT2D eigenvalue weighted by molar-refractivity contribution is 7.89. The minimum atomic E-state index is -3.71. The Morgan fingerprint density at radius 3 is 2.50 bits per heavy atom.